The molecule has 0 aliphatic heterocycles. The molecule has 32 heavy (non-hydrogen) atoms. The molecule has 0 aromatic heterocycles. The van der Waals surface area contributed by atoms with Gasteiger partial charge in [0.25, 0.3) is 0 Å². The third-order valence-electron chi connectivity index (χ3n) is 4.09. The number of anilines is 1. The fourth-order valence-electron chi connectivity index (χ4n) is 2.57. The molecule has 2 amide bonds. The van der Waals surface area contributed by atoms with Gasteiger partial charge in [0.15, 0.2) is 0 Å². The van der Waals surface area contributed by atoms with Gasteiger partial charge in [-0.05, 0) is 55.0 Å². The van der Waals surface area contributed by atoms with Gasteiger partial charge in [-0.2, -0.15) is 5.10 Å². The van der Waals surface area contributed by atoms with Crippen molar-refractivity contribution in [1.29, 1.82) is 0 Å². The van der Waals surface area contributed by atoms with Gasteiger partial charge in [0.2, 0.25) is 0 Å². The number of halogens is 2. The minimum atomic E-state index is -0.977. The summed E-state index contributed by atoms with van der Waals surface area (Å²) in [5.41, 5.74) is 4.36. The Morgan fingerprint density at radius 3 is 2.44 bits per heavy atom. The number of benzene rings is 3. The normalized spacial score (nSPS) is 10.6. The van der Waals surface area contributed by atoms with Gasteiger partial charge in [0.1, 0.15) is 5.75 Å². The van der Waals surface area contributed by atoms with E-state index in [4.69, 9.17) is 27.9 Å². The van der Waals surface area contributed by atoms with Crippen LogP contribution in [0.3, 0.4) is 0 Å². The lowest BCUT2D eigenvalue weighted by Gasteiger charge is -2.06. The topological polar surface area (TPSA) is 96.9 Å². The van der Waals surface area contributed by atoms with E-state index in [1.54, 1.807) is 42.5 Å². The van der Waals surface area contributed by atoms with Crippen LogP contribution < -0.4 is 15.5 Å². The lowest BCUT2D eigenvalue weighted by Crippen LogP contribution is -2.32. The number of amides is 2. The highest BCUT2D eigenvalue weighted by atomic mass is 35.5. The molecule has 7 nitrogen and oxygen atoms in total. The van der Waals surface area contributed by atoms with Crippen LogP contribution >= 0.6 is 23.2 Å². The summed E-state index contributed by atoms with van der Waals surface area (Å²) in [6.45, 7) is 1.88. The third-order valence-corrected chi connectivity index (χ3v) is 4.82. The van der Waals surface area contributed by atoms with E-state index in [0.29, 0.717) is 27.6 Å². The van der Waals surface area contributed by atoms with Crippen LogP contribution in [0.15, 0.2) is 71.8 Å². The predicted molar refractivity (Wildman–Crippen MR) is 123 cm³/mol. The molecule has 0 atom stereocenters. The molecule has 0 aliphatic rings. The molecule has 3 aromatic rings. The van der Waals surface area contributed by atoms with Gasteiger partial charge in [0.05, 0.1) is 21.8 Å². The van der Waals surface area contributed by atoms with Crippen LogP contribution in [-0.2, 0) is 9.59 Å². The Morgan fingerprint density at radius 1 is 0.906 bits per heavy atom. The molecular formula is C23H17Cl2N3O4. The Labute approximate surface area is 194 Å². The summed E-state index contributed by atoms with van der Waals surface area (Å²) in [6, 6.07) is 18.0. The van der Waals surface area contributed by atoms with Crippen LogP contribution in [0.25, 0.3) is 0 Å². The van der Waals surface area contributed by atoms with E-state index in [0.717, 1.165) is 5.56 Å². The van der Waals surface area contributed by atoms with Crippen molar-refractivity contribution in [1.82, 2.24) is 5.43 Å². The maximum Gasteiger partial charge on any atom is 0.343 e. The van der Waals surface area contributed by atoms with E-state index in [-0.39, 0.29) is 5.02 Å². The van der Waals surface area contributed by atoms with Crippen molar-refractivity contribution in [2.75, 3.05) is 5.32 Å². The van der Waals surface area contributed by atoms with Gasteiger partial charge in [-0.15, -0.1) is 0 Å². The zero-order valence-electron chi connectivity index (χ0n) is 16.8. The summed E-state index contributed by atoms with van der Waals surface area (Å²) in [7, 11) is 0. The zero-order chi connectivity index (χ0) is 23.1. The smallest absolute Gasteiger partial charge is 0.343 e. The second-order valence-corrected chi connectivity index (χ2v) is 7.43. The summed E-state index contributed by atoms with van der Waals surface area (Å²) >= 11 is 11.7. The Balaban J connectivity index is 1.57. The average Bonchev–Trinajstić information content (AvgIpc) is 2.76. The van der Waals surface area contributed by atoms with Crippen LogP contribution in [-0.4, -0.2) is 24.0 Å². The minimum Gasteiger partial charge on any atom is -0.423 e. The van der Waals surface area contributed by atoms with Crippen molar-refractivity contribution < 1.29 is 19.1 Å². The minimum absolute atomic E-state index is 0.242. The molecule has 162 valence electrons. The highest BCUT2D eigenvalue weighted by molar-refractivity contribution is 6.43. The fraction of sp³-hybridized carbons (Fsp3) is 0.0435. The number of carbonyl (C=O) groups is 3. The van der Waals surface area contributed by atoms with Crippen LogP contribution in [0, 0.1) is 6.92 Å². The van der Waals surface area contributed by atoms with Crippen molar-refractivity contribution in [3.8, 4) is 5.75 Å². The number of esters is 1. The molecule has 0 saturated heterocycles. The molecule has 3 aromatic carbocycles. The molecule has 0 spiro atoms. The first-order valence-corrected chi connectivity index (χ1v) is 10.1. The van der Waals surface area contributed by atoms with Gasteiger partial charge in [-0.3, -0.25) is 9.59 Å². The fourth-order valence-corrected chi connectivity index (χ4v) is 2.87. The van der Waals surface area contributed by atoms with Gasteiger partial charge >= 0.3 is 17.8 Å². The van der Waals surface area contributed by atoms with Crippen molar-refractivity contribution in [3.63, 3.8) is 0 Å². The van der Waals surface area contributed by atoms with E-state index in [1.165, 1.54) is 24.4 Å². The highest BCUT2D eigenvalue weighted by Crippen LogP contribution is 2.24. The summed E-state index contributed by atoms with van der Waals surface area (Å²) in [5, 5.41) is 6.70. The molecule has 0 unspecified atom stereocenters. The van der Waals surface area contributed by atoms with Gasteiger partial charge in [0, 0.05) is 5.69 Å². The monoisotopic (exact) mass is 469 g/mol. The van der Waals surface area contributed by atoms with Crippen molar-refractivity contribution >= 4 is 52.9 Å². The summed E-state index contributed by atoms with van der Waals surface area (Å²) in [5.74, 6) is -2.09. The van der Waals surface area contributed by atoms with Crippen LogP contribution in [0.1, 0.15) is 21.5 Å². The van der Waals surface area contributed by atoms with E-state index in [2.05, 4.69) is 15.8 Å². The number of carbonyl (C=O) groups excluding carboxylic acids is 3. The standard InChI is InChI=1S/C23H17Cl2N3O4/c1-14-4-2-6-16(10-14)23(31)32-18-7-3-5-15(11-18)13-26-28-22(30)21(29)27-17-8-9-19(24)20(25)12-17/h2-13H,1H3,(H,27,29)(H,28,30). The zero-order valence-corrected chi connectivity index (χ0v) is 18.3. The van der Waals surface area contributed by atoms with Gasteiger partial charge in [-0.25, -0.2) is 10.2 Å². The molecule has 0 fully saturated rings. The number of hydrogen-bond acceptors (Lipinski definition) is 5. The lowest BCUT2D eigenvalue weighted by molar-refractivity contribution is -0.136. The molecule has 0 saturated carbocycles. The Hall–Kier alpha value is -3.68. The Morgan fingerprint density at radius 2 is 1.69 bits per heavy atom. The molecular weight excluding hydrogens is 453 g/mol. The number of aryl methyl sites for hydroxylation is 1. The van der Waals surface area contributed by atoms with E-state index in [9.17, 15) is 14.4 Å². The van der Waals surface area contributed by atoms with Crippen molar-refractivity contribution in [3.05, 3.63) is 93.5 Å². The van der Waals surface area contributed by atoms with Gasteiger partial charge < -0.3 is 10.1 Å². The number of rotatable bonds is 5. The molecule has 9 heteroatoms. The second-order valence-electron chi connectivity index (χ2n) is 6.61. The predicted octanol–water partition coefficient (Wildman–Crippen LogP) is 4.61. The SMILES string of the molecule is Cc1cccc(C(=O)Oc2cccc(C=NNC(=O)C(=O)Nc3ccc(Cl)c(Cl)c3)c2)c1. The molecule has 2 N–H and O–H groups in total. The van der Waals surface area contributed by atoms with Crippen LogP contribution in [0.4, 0.5) is 5.69 Å². The maximum absolute atomic E-state index is 12.3. The number of nitrogens with one attached hydrogen (secondary N) is 2. The van der Waals surface area contributed by atoms with E-state index in [1.807, 2.05) is 13.0 Å². The first-order valence-electron chi connectivity index (χ1n) is 9.30. The van der Waals surface area contributed by atoms with Crippen molar-refractivity contribution in [2.45, 2.75) is 6.92 Å². The van der Waals surface area contributed by atoms with Gasteiger partial charge in [-0.1, -0.05) is 53.0 Å². The first-order chi connectivity index (χ1) is 15.3. The molecule has 3 rings (SSSR count). The number of ether oxygens (including phenoxy) is 1. The maximum atomic E-state index is 12.3. The van der Waals surface area contributed by atoms with Crippen LogP contribution in [0.2, 0.25) is 10.0 Å². The summed E-state index contributed by atoms with van der Waals surface area (Å²) in [6.07, 6.45) is 1.31. The number of hydrazone groups is 1. The van der Waals surface area contributed by atoms with E-state index < -0.39 is 17.8 Å². The van der Waals surface area contributed by atoms with Crippen molar-refractivity contribution in [2.24, 2.45) is 5.10 Å². The van der Waals surface area contributed by atoms with E-state index >= 15 is 0 Å². The average molecular weight is 470 g/mol. The first kappa shape index (κ1) is 23.0. The summed E-state index contributed by atoms with van der Waals surface area (Å²) < 4.78 is 5.37. The molecule has 0 radical (unpaired) electrons. The highest BCUT2D eigenvalue weighted by Gasteiger charge is 2.13. The Bertz CT molecular complexity index is 1210. The van der Waals surface area contributed by atoms with Crippen LogP contribution in [0.5, 0.6) is 5.75 Å². The second kappa shape index (κ2) is 10.6. The number of hydrogen-bond donors (Lipinski definition) is 2. The third kappa shape index (κ3) is 6.41. The quantitative estimate of drug-likeness (QED) is 0.187. The number of nitrogens with zero attached hydrogens (tertiary/aromatic N) is 1. The molecule has 0 aliphatic carbocycles. The molecule has 0 heterocycles. The Kier molecular flexibility index (Phi) is 7.59. The largest absolute Gasteiger partial charge is 0.423 e. The summed E-state index contributed by atoms with van der Waals surface area (Å²) in [4.78, 5) is 36.1. The molecule has 0 bridgehead atoms. The lowest BCUT2D eigenvalue weighted by atomic mass is 10.1.